The van der Waals surface area contributed by atoms with Gasteiger partial charge in [0.2, 0.25) is 0 Å². The Balaban J connectivity index is 2.15. The SMILES string of the molecule is O=Cc1cc(-c2ccc(C(F)F)cc2)nn(-c2cccnc2)c1=O. The van der Waals surface area contributed by atoms with E-state index in [0.29, 0.717) is 23.2 Å². The molecule has 0 atom stereocenters. The average molecular weight is 327 g/mol. The van der Waals surface area contributed by atoms with Crippen molar-refractivity contribution in [1.82, 2.24) is 14.8 Å². The fraction of sp³-hybridized carbons (Fsp3) is 0.0588. The summed E-state index contributed by atoms with van der Waals surface area (Å²) in [5, 5.41) is 4.21. The van der Waals surface area contributed by atoms with Gasteiger partial charge in [0.25, 0.3) is 12.0 Å². The molecule has 0 aliphatic carbocycles. The number of nitrogens with zero attached hydrogens (tertiary/aromatic N) is 3. The van der Waals surface area contributed by atoms with Crippen LogP contribution in [-0.2, 0) is 0 Å². The van der Waals surface area contributed by atoms with Crippen LogP contribution >= 0.6 is 0 Å². The van der Waals surface area contributed by atoms with E-state index in [1.54, 1.807) is 18.3 Å². The van der Waals surface area contributed by atoms with Gasteiger partial charge in [0.1, 0.15) is 0 Å². The number of aromatic nitrogens is 3. The average Bonchev–Trinajstić information content (AvgIpc) is 2.62. The molecule has 0 bridgehead atoms. The van der Waals surface area contributed by atoms with Gasteiger partial charge >= 0.3 is 0 Å². The second-order valence-corrected chi connectivity index (χ2v) is 4.95. The van der Waals surface area contributed by atoms with Crippen LogP contribution in [0, 0.1) is 0 Å². The lowest BCUT2D eigenvalue weighted by atomic mass is 10.1. The molecule has 2 heterocycles. The summed E-state index contributed by atoms with van der Waals surface area (Å²) < 4.78 is 26.4. The van der Waals surface area contributed by atoms with Crippen molar-refractivity contribution in [2.24, 2.45) is 0 Å². The first kappa shape index (κ1) is 15.7. The second-order valence-electron chi connectivity index (χ2n) is 4.95. The predicted octanol–water partition coefficient (Wildman–Crippen LogP) is 3.04. The minimum Gasteiger partial charge on any atom is -0.298 e. The van der Waals surface area contributed by atoms with Crippen LogP contribution in [0.3, 0.4) is 0 Å². The number of hydrogen-bond acceptors (Lipinski definition) is 4. The summed E-state index contributed by atoms with van der Waals surface area (Å²) >= 11 is 0. The molecular weight excluding hydrogens is 316 g/mol. The molecule has 0 saturated heterocycles. The number of alkyl halides is 2. The first-order chi connectivity index (χ1) is 11.6. The Morgan fingerprint density at radius 3 is 2.46 bits per heavy atom. The topological polar surface area (TPSA) is 64.8 Å². The maximum Gasteiger partial charge on any atom is 0.282 e. The quantitative estimate of drug-likeness (QED) is 0.691. The van der Waals surface area contributed by atoms with E-state index >= 15 is 0 Å². The molecule has 24 heavy (non-hydrogen) atoms. The van der Waals surface area contributed by atoms with E-state index in [1.807, 2.05) is 0 Å². The zero-order valence-electron chi connectivity index (χ0n) is 12.3. The van der Waals surface area contributed by atoms with E-state index in [-0.39, 0.29) is 11.1 Å². The fourth-order valence-corrected chi connectivity index (χ4v) is 2.19. The van der Waals surface area contributed by atoms with E-state index in [4.69, 9.17) is 0 Å². The number of carbonyl (C=O) groups is 1. The largest absolute Gasteiger partial charge is 0.298 e. The third-order valence-corrected chi connectivity index (χ3v) is 3.42. The molecule has 7 heteroatoms. The third-order valence-electron chi connectivity index (χ3n) is 3.42. The van der Waals surface area contributed by atoms with Crippen LogP contribution in [-0.4, -0.2) is 21.1 Å². The van der Waals surface area contributed by atoms with Crippen LogP contribution in [0.15, 0.2) is 59.7 Å². The lowest BCUT2D eigenvalue weighted by molar-refractivity contribution is 0.112. The molecule has 5 nitrogen and oxygen atoms in total. The standard InChI is InChI=1S/C17H11F2N3O2/c18-16(19)12-5-3-11(4-6-12)15-8-13(10-23)17(24)22(21-15)14-2-1-7-20-9-14/h1-10,16H. The molecule has 0 fully saturated rings. The first-order valence-electron chi connectivity index (χ1n) is 6.98. The van der Waals surface area contributed by atoms with Gasteiger partial charge in [-0.25, -0.2) is 8.78 Å². The van der Waals surface area contributed by atoms with E-state index in [1.165, 1.54) is 36.5 Å². The highest BCUT2D eigenvalue weighted by atomic mass is 19.3. The van der Waals surface area contributed by atoms with Crippen molar-refractivity contribution in [1.29, 1.82) is 0 Å². The Labute approximate surface area is 135 Å². The summed E-state index contributed by atoms with van der Waals surface area (Å²) in [5.74, 6) is 0. The van der Waals surface area contributed by atoms with Crippen molar-refractivity contribution >= 4 is 6.29 Å². The fourth-order valence-electron chi connectivity index (χ4n) is 2.19. The van der Waals surface area contributed by atoms with E-state index in [0.717, 1.165) is 4.68 Å². The summed E-state index contributed by atoms with van der Waals surface area (Å²) in [7, 11) is 0. The van der Waals surface area contributed by atoms with Gasteiger partial charge in [0.05, 0.1) is 23.1 Å². The monoisotopic (exact) mass is 327 g/mol. The van der Waals surface area contributed by atoms with E-state index in [2.05, 4.69) is 10.1 Å². The molecule has 0 radical (unpaired) electrons. The van der Waals surface area contributed by atoms with Crippen molar-refractivity contribution in [3.8, 4) is 16.9 Å². The number of aldehydes is 1. The van der Waals surface area contributed by atoms with Crippen molar-refractivity contribution in [2.45, 2.75) is 6.43 Å². The Morgan fingerprint density at radius 1 is 1.12 bits per heavy atom. The summed E-state index contributed by atoms with van der Waals surface area (Å²) in [4.78, 5) is 27.4. The van der Waals surface area contributed by atoms with Crippen LogP contribution in [0.1, 0.15) is 22.3 Å². The molecule has 2 aromatic heterocycles. The molecule has 3 rings (SSSR count). The van der Waals surface area contributed by atoms with Crippen LogP contribution in [0.2, 0.25) is 0 Å². The Morgan fingerprint density at radius 2 is 1.88 bits per heavy atom. The molecule has 0 spiro atoms. The maximum atomic E-state index is 12.6. The van der Waals surface area contributed by atoms with Crippen molar-refractivity contribution in [3.63, 3.8) is 0 Å². The molecule has 120 valence electrons. The Hall–Kier alpha value is -3.22. The van der Waals surface area contributed by atoms with Gasteiger partial charge in [-0.3, -0.25) is 14.6 Å². The Bertz CT molecular complexity index is 923. The van der Waals surface area contributed by atoms with Crippen LogP contribution in [0.5, 0.6) is 0 Å². The number of benzene rings is 1. The highest BCUT2D eigenvalue weighted by molar-refractivity contribution is 5.77. The highest BCUT2D eigenvalue weighted by Crippen LogP contribution is 2.23. The van der Waals surface area contributed by atoms with Crippen molar-refractivity contribution in [3.05, 3.63) is 76.3 Å². The molecule has 0 aliphatic rings. The highest BCUT2D eigenvalue weighted by Gasteiger charge is 2.12. The zero-order chi connectivity index (χ0) is 17.1. The number of carbonyl (C=O) groups excluding carboxylic acids is 1. The van der Waals surface area contributed by atoms with Crippen LogP contribution < -0.4 is 5.56 Å². The summed E-state index contributed by atoms with van der Waals surface area (Å²) in [6.07, 6.45) is 0.852. The van der Waals surface area contributed by atoms with E-state index in [9.17, 15) is 18.4 Å². The summed E-state index contributed by atoms with van der Waals surface area (Å²) in [6, 6.07) is 10.1. The molecule has 0 saturated carbocycles. The number of halogens is 2. The third kappa shape index (κ3) is 2.96. The minimum atomic E-state index is -2.57. The van der Waals surface area contributed by atoms with Crippen molar-refractivity contribution < 1.29 is 13.6 Å². The second kappa shape index (κ2) is 6.49. The molecule has 1 aromatic carbocycles. The first-order valence-corrected chi connectivity index (χ1v) is 6.98. The van der Waals surface area contributed by atoms with Crippen molar-refractivity contribution in [2.75, 3.05) is 0 Å². The predicted molar refractivity (Wildman–Crippen MR) is 83.4 cm³/mol. The van der Waals surface area contributed by atoms with Crippen LogP contribution in [0.4, 0.5) is 8.78 Å². The lowest BCUT2D eigenvalue weighted by Crippen LogP contribution is -2.25. The smallest absolute Gasteiger partial charge is 0.282 e. The zero-order valence-corrected chi connectivity index (χ0v) is 12.3. The molecular formula is C17H11F2N3O2. The summed E-state index contributed by atoms with van der Waals surface area (Å²) in [6.45, 7) is 0. The van der Waals surface area contributed by atoms with Gasteiger partial charge in [-0.1, -0.05) is 24.3 Å². The van der Waals surface area contributed by atoms with Gasteiger partial charge in [-0.2, -0.15) is 9.78 Å². The van der Waals surface area contributed by atoms with Gasteiger partial charge in [-0.05, 0) is 18.2 Å². The molecule has 0 unspecified atom stereocenters. The normalized spacial score (nSPS) is 10.8. The van der Waals surface area contributed by atoms with Gasteiger partial charge in [-0.15, -0.1) is 0 Å². The van der Waals surface area contributed by atoms with Crippen LogP contribution in [0.25, 0.3) is 16.9 Å². The summed E-state index contributed by atoms with van der Waals surface area (Å²) in [5.41, 5.74) is 0.459. The number of pyridine rings is 1. The van der Waals surface area contributed by atoms with Gasteiger partial charge < -0.3 is 0 Å². The lowest BCUT2D eigenvalue weighted by Gasteiger charge is -2.09. The number of hydrogen-bond donors (Lipinski definition) is 0. The van der Waals surface area contributed by atoms with E-state index < -0.39 is 12.0 Å². The Kier molecular flexibility index (Phi) is 4.24. The van der Waals surface area contributed by atoms with Gasteiger partial charge in [0.15, 0.2) is 6.29 Å². The molecule has 0 N–H and O–H groups in total. The van der Waals surface area contributed by atoms with Gasteiger partial charge in [0, 0.05) is 17.3 Å². The molecule has 0 amide bonds. The number of rotatable bonds is 4. The minimum absolute atomic E-state index is 0.0817. The maximum absolute atomic E-state index is 12.6. The molecule has 0 aliphatic heterocycles. The molecule has 3 aromatic rings.